The zero-order valence-electron chi connectivity index (χ0n) is 11.4. The standard InChI is InChI=1S/C15H22O3/c1-13(2)7-4-8-14(3)12(13)6-5-11(9-16)15(14,18)10-17/h5,9-10,12,18H,4,6-8H2,1-3H3/t12-,14-,15-/m0/s1. The van der Waals surface area contributed by atoms with E-state index in [1.54, 1.807) is 6.08 Å². The van der Waals surface area contributed by atoms with Crippen molar-refractivity contribution in [2.45, 2.75) is 52.1 Å². The molecule has 0 radical (unpaired) electrons. The molecule has 0 spiro atoms. The summed E-state index contributed by atoms with van der Waals surface area (Å²) in [5, 5.41) is 10.8. The number of fused-ring (bicyclic) bond motifs is 1. The second-order valence-electron chi connectivity index (χ2n) is 6.71. The van der Waals surface area contributed by atoms with E-state index in [-0.39, 0.29) is 16.9 Å². The van der Waals surface area contributed by atoms with Crippen molar-refractivity contribution < 1.29 is 14.7 Å². The molecule has 2 aliphatic rings. The summed E-state index contributed by atoms with van der Waals surface area (Å²) < 4.78 is 0. The number of carbonyl (C=O) groups is 2. The third-order valence-corrected chi connectivity index (χ3v) is 5.41. The van der Waals surface area contributed by atoms with Gasteiger partial charge in [-0.3, -0.25) is 9.59 Å². The van der Waals surface area contributed by atoms with E-state index < -0.39 is 11.0 Å². The Bertz CT molecular complexity index is 410. The lowest BCUT2D eigenvalue weighted by molar-refractivity contribution is -0.158. The van der Waals surface area contributed by atoms with Gasteiger partial charge in [-0.2, -0.15) is 0 Å². The number of hydrogen-bond acceptors (Lipinski definition) is 3. The van der Waals surface area contributed by atoms with Crippen LogP contribution in [0, 0.1) is 16.7 Å². The van der Waals surface area contributed by atoms with Crippen LogP contribution in [0.5, 0.6) is 0 Å². The SMILES string of the molecule is CC1(C)CCC[C@@]2(C)[C@H]1CC=C(C=O)[C@@]2(O)C=O. The molecule has 2 aliphatic carbocycles. The highest BCUT2D eigenvalue weighted by molar-refractivity contribution is 5.88. The van der Waals surface area contributed by atoms with Gasteiger partial charge in [-0.15, -0.1) is 0 Å². The van der Waals surface area contributed by atoms with Gasteiger partial charge in [0, 0.05) is 11.0 Å². The van der Waals surface area contributed by atoms with E-state index in [1.807, 2.05) is 6.92 Å². The maximum Gasteiger partial charge on any atom is 0.156 e. The molecule has 0 amide bonds. The normalized spacial score (nSPS) is 42.7. The molecule has 0 aromatic heterocycles. The Morgan fingerprint density at radius 3 is 2.50 bits per heavy atom. The van der Waals surface area contributed by atoms with E-state index in [0.29, 0.717) is 12.6 Å². The van der Waals surface area contributed by atoms with Crippen molar-refractivity contribution in [3.63, 3.8) is 0 Å². The summed E-state index contributed by atoms with van der Waals surface area (Å²) in [6.07, 6.45) is 6.61. The second kappa shape index (κ2) is 4.02. The second-order valence-corrected chi connectivity index (χ2v) is 6.71. The third kappa shape index (κ3) is 1.53. The number of aldehydes is 2. The average molecular weight is 250 g/mol. The Kier molecular flexibility index (Phi) is 3.01. The zero-order valence-corrected chi connectivity index (χ0v) is 11.4. The molecule has 0 bridgehead atoms. The Balaban J connectivity index is 2.57. The van der Waals surface area contributed by atoms with Crippen LogP contribution in [-0.2, 0) is 9.59 Å². The lowest BCUT2D eigenvalue weighted by Gasteiger charge is -2.58. The van der Waals surface area contributed by atoms with Gasteiger partial charge in [-0.1, -0.05) is 33.3 Å². The molecule has 100 valence electrons. The zero-order chi connectivity index (χ0) is 13.6. The Hall–Kier alpha value is -0.960. The minimum Gasteiger partial charge on any atom is -0.377 e. The van der Waals surface area contributed by atoms with E-state index in [0.717, 1.165) is 25.7 Å². The minimum atomic E-state index is -1.62. The summed E-state index contributed by atoms with van der Waals surface area (Å²) in [5.74, 6) is 0.234. The number of aliphatic hydroxyl groups is 1. The van der Waals surface area contributed by atoms with Gasteiger partial charge in [-0.25, -0.2) is 0 Å². The molecule has 2 rings (SSSR count). The smallest absolute Gasteiger partial charge is 0.156 e. The number of hydrogen-bond donors (Lipinski definition) is 1. The molecular weight excluding hydrogens is 228 g/mol. The van der Waals surface area contributed by atoms with Crippen LogP contribution < -0.4 is 0 Å². The quantitative estimate of drug-likeness (QED) is 0.765. The first-order valence-corrected chi connectivity index (χ1v) is 6.66. The molecule has 3 nitrogen and oxygen atoms in total. The molecule has 1 fully saturated rings. The van der Waals surface area contributed by atoms with Crippen LogP contribution in [0.3, 0.4) is 0 Å². The Morgan fingerprint density at radius 1 is 1.28 bits per heavy atom. The van der Waals surface area contributed by atoms with Crippen molar-refractivity contribution in [1.29, 1.82) is 0 Å². The van der Waals surface area contributed by atoms with Gasteiger partial charge in [-0.05, 0) is 30.6 Å². The molecule has 0 aromatic rings. The summed E-state index contributed by atoms with van der Waals surface area (Å²) in [6.45, 7) is 6.35. The molecule has 3 atom stereocenters. The summed E-state index contributed by atoms with van der Waals surface area (Å²) in [7, 11) is 0. The maximum absolute atomic E-state index is 11.5. The minimum absolute atomic E-state index is 0.0922. The molecule has 0 saturated heterocycles. The molecule has 0 aliphatic heterocycles. The van der Waals surface area contributed by atoms with Crippen molar-refractivity contribution in [3.05, 3.63) is 11.6 Å². The van der Waals surface area contributed by atoms with Gasteiger partial charge < -0.3 is 5.11 Å². The fourth-order valence-corrected chi connectivity index (χ4v) is 4.23. The van der Waals surface area contributed by atoms with E-state index >= 15 is 0 Å². The van der Waals surface area contributed by atoms with Crippen molar-refractivity contribution in [1.82, 2.24) is 0 Å². The highest BCUT2D eigenvalue weighted by Crippen LogP contribution is 2.60. The largest absolute Gasteiger partial charge is 0.377 e. The summed E-state index contributed by atoms with van der Waals surface area (Å²) >= 11 is 0. The molecular formula is C15H22O3. The van der Waals surface area contributed by atoms with Crippen molar-refractivity contribution >= 4 is 12.6 Å². The van der Waals surface area contributed by atoms with Gasteiger partial charge in [0.25, 0.3) is 0 Å². The first-order chi connectivity index (χ1) is 8.32. The van der Waals surface area contributed by atoms with Crippen LogP contribution in [0.25, 0.3) is 0 Å². The number of carbonyl (C=O) groups excluding carboxylic acids is 2. The van der Waals surface area contributed by atoms with Crippen molar-refractivity contribution in [2.75, 3.05) is 0 Å². The predicted octanol–water partition coefficient (Wildman–Crippen LogP) is 2.28. The van der Waals surface area contributed by atoms with Crippen molar-refractivity contribution in [3.8, 4) is 0 Å². The van der Waals surface area contributed by atoms with Crippen LogP contribution in [0.1, 0.15) is 46.5 Å². The highest BCUT2D eigenvalue weighted by Gasteiger charge is 2.60. The van der Waals surface area contributed by atoms with Crippen LogP contribution in [0.15, 0.2) is 11.6 Å². The first kappa shape index (κ1) is 13.5. The fraction of sp³-hybridized carbons (Fsp3) is 0.733. The van der Waals surface area contributed by atoms with E-state index in [2.05, 4.69) is 13.8 Å². The molecule has 3 heteroatoms. The summed E-state index contributed by atoms with van der Waals surface area (Å²) in [5.41, 5.74) is -1.81. The molecule has 18 heavy (non-hydrogen) atoms. The van der Waals surface area contributed by atoms with Gasteiger partial charge in [0.2, 0.25) is 0 Å². The molecule has 1 N–H and O–H groups in total. The molecule has 0 unspecified atom stereocenters. The third-order valence-electron chi connectivity index (χ3n) is 5.41. The number of rotatable bonds is 2. The fourth-order valence-electron chi connectivity index (χ4n) is 4.23. The lowest BCUT2D eigenvalue weighted by Crippen LogP contribution is -2.60. The Morgan fingerprint density at radius 2 is 1.94 bits per heavy atom. The lowest BCUT2D eigenvalue weighted by atomic mass is 9.47. The molecule has 0 aromatic carbocycles. The van der Waals surface area contributed by atoms with Crippen LogP contribution in [-0.4, -0.2) is 23.3 Å². The van der Waals surface area contributed by atoms with Gasteiger partial charge in [0.05, 0.1) is 0 Å². The van der Waals surface area contributed by atoms with E-state index in [1.165, 1.54) is 0 Å². The van der Waals surface area contributed by atoms with E-state index in [4.69, 9.17) is 0 Å². The average Bonchev–Trinajstić information content (AvgIpc) is 2.31. The molecule has 1 saturated carbocycles. The maximum atomic E-state index is 11.5. The predicted molar refractivity (Wildman–Crippen MR) is 69.0 cm³/mol. The number of allylic oxidation sites excluding steroid dienone is 1. The van der Waals surface area contributed by atoms with Crippen molar-refractivity contribution in [2.24, 2.45) is 16.7 Å². The summed E-state index contributed by atoms with van der Waals surface area (Å²) in [6, 6.07) is 0. The first-order valence-electron chi connectivity index (χ1n) is 6.66. The topological polar surface area (TPSA) is 54.4 Å². The van der Waals surface area contributed by atoms with Crippen LogP contribution >= 0.6 is 0 Å². The van der Waals surface area contributed by atoms with Crippen LogP contribution in [0.4, 0.5) is 0 Å². The Labute approximate surface area is 108 Å². The molecule has 0 heterocycles. The van der Waals surface area contributed by atoms with Gasteiger partial charge in [0.1, 0.15) is 6.29 Å². The van der Waals surface area contributed by atoms with Gasteiger partial charge >= 0.3 is 0 Å². The monoisotopic (exact) mass is 250 g/mol. The van der Waals surface area contributed by atoms with E-state index in [9.17, 15) is 14.7 Å². The summed E-state index contributed by atoms with van der Waals surface area (Å²) in [4.78, 5) is 22.6. The highest BCUT2D eigenvalue weighted by atomic mass is 16.3. The van der Waals surface area contributed by atoms with Crippen LogP contribution in [0.2, 0.25) is 0 Å². The van der Waals surface area contributed by atoms with Gasteiger partial charge in [0.15, 0.2) is 11.9 Å².